The van der Waals surface area contributed by atoms with Gasteiger partial charge >= 0.3 is 0 Å². The van der Waals surface area contributed by atoms with Crippen molar-refractivity contribution in [2.24, 2.45) is 10.4 Å². The van der Waals surface area contributed by atoms with Gasteiger partial charge in [-0.2, -0.15) is 0 Å². The largest absolute Gasteiger partial charge is 0.378 e. The van der Waals surface area contributed by atoms with Crippen LogP contribution < -0.4 is 10.6 Å². The smallest absolute Gasteiger partial charge is 0.191 e. The highest BCUT2D eigenvalue weighted by atomic mass is 127. The Morgan fingerprint density at radius 3 is 2.70 bits per heavy atom. The minimum Gasteiger partial charge on any atom is -0.378 e. The van der Waals surface area contributed by atoms with E-state index in [4.69, 9.17) is 4.74 Å². The van der Waals surface area contributed by atoms with Crippen LogP contribution in [0, 0.1) is 5.41 Å². The number of aliphatic imine (C=N–C) groups is 1. The molecule has 4 nitrogen and oxygen atoms in total. The Morgan fingerprint density at radius 1 is 1.45 bits per heavy atom. The molecule has 2 unspecified atom stereocenters. The van der Waals surface area contributed by atoms with Gasteiger partial charge in [0.2, 0.25) is 0 Å². The van der Waals surface area contributed by atoms with Crippen molar-refractivity contribution in [3.63, 3.8) is 0 Å². The number of nitrogens with zero attached hydrogens (tertiary/aromatic N) is 1. The molecule has 20 heavy (non-hydrogen) atoms. The van der Waals surface area contributed by atoms with E-state index < -0.39 is 0 Å². The summed E-state index contributed by atoms with van der Waals surface area (Å²) in [7, 11) is 0. The first-order chi connectivity index (χ1) is 9.26. The van der Waals surface area contributed by atoms with E-state index in [1.54, 1.807) is 0 Å². The Balaban J connectivity index is 0.00000200. The average molecular weight is 393 g/mol. The van der Waals surface area contributed by atoms with Crippen LogP contribution in [0.4, 0.5) is 0 Å². The van der Waals surface area contributed by atoms with Crippen LogP contribution in [0.25, 0.3) is 0 Å². The van der Waals surface area contributed by atoms with Crippen LogP contribution in [-0.2, 0) is 4.74 Å². The Bertz CT molecular complexity index is 342. The van der Waals surface area contributed by atoms with Crippen molar-refractivity contribution in [1.29, 1.82) is 0 Å². The minimum atomic E-state index is 0. The molecular weight excluding hydrogens is 365 g/mol. The second kappa shape index (κ2) is 8.22. The zero-order valence-corrected chi connectivity index (χ0v) is 15.0. The van der Waals surface area contributed by atoms with E-state index in [1.807, 2.05) is 6.08 Å². The lowest BCUT2D eigenvalue weighted by Gasteiger charge is -2.61. The summed E-state index contributed by atoms with van der Waals surface area (Å²) in [5.74, 6) is 0.911. The first-order valence-corrected chi connectivity index (χ1v) is 7.54. The summed E-state index contributed by atoms with van der Waals surface area (Å²) in [6.07, 6.45) is 7.29. The molecule has 5 heteroatoms. The standard InChI is InChI=1S/C15H27N3O.HI/c1-4-10-17-14(16-5-2)18-12-11-13(19-6-3)15(12)8-7-9-15;/h4,12-13H,1,5-11H2,2-3H3,(H2,16,17,18);1H. The van der Waals surface area contributed by atoms with E-state index in [-0.39, 0.29) is 24.0 Å². The predicted molar refractivity (Wildman–Crippen MR) is 94.8 cm³/mol. The fraction of sp³-hybridized carbons (Fsp3) is 0.800. The molecule has 1 spiro atoms. The molecule has 0 aromatic rings. The second-order valence-electron chi connectivity index (χ2n) is 5.47. The van der Waals surface area contributed by atoms with Gasteiger partial charge in [-0.1, -0.05) is 12.5 Å². The summed E-state index contributed by atoms with van der Waals surface area (Å²) in [5, 5.41) is 6.88. The summed E-state index contributed by atoms with van der Waals surface area (Å²) in [6.45, 7) is 10.3. The van der Waals surface area contributed by atoms with Gasteiger partial charge in [-0.25, -0.2) is 4.99 Å². The van der Waals surface area contributed by atoms with Gasteiger partial charge in [-0.05, 0) is 33.1 Å². The molecule has 0 amide bonds. The summed E-state index contributed by atoms with van der Waals surface area (Å²) >= 11 is 0. The normalized spacial score (nSPS) is 27.0. The van der Waals surface area contributed by atoms with Crippen LogP contribution in [0.1, 0.15) is 39.5 Å². The zero-order valence-electron chi connectivity index (χ0n) is 12.7. The summed E-state index contributed by atoms with van der Waals surface area (Å²) in [6, 6.07) is 0.514. The molecule has 0 heterocycles. The second-order valence-corrected chi connectivity index (χ2v) is 5.47. The number of halogens is 1. The average Bonchev–Trinajstić information content (AvgIpc) is 2.32. The SMILES string of the molecule is C=CCN=C(NCC)NC1CC(OCC)C12CCC2.I. The maximum atomic E-state index is 5.87. The highest BCUT2D eigenvalue weighted by Gasteiger charge is 2.59. The fourth-order valence-corrected chi connectivity index (χ4v) is 3.28. The molecule has 0 bridgehead atoms. The van der Waals surface area contributed by atoms with E-state index >= 15 is 0 Å². The molecular formula is C15H28IN3O. The van der Waals surface area contributed by atoms with E-state index in [0.29, 0.717) is 24.1 Å². The number of guanidine groups is 1. The van der Waals surface area contributed by atoms with Gasteiger partial charge in [-0.3, -0.25) is 0 Å². The Morgan fingerprint density at radius 2 is 2.20 bits per heavy atom. The van der Waals surface area contributed by atoms with Gasteiger partial charge < -0.3 is 15.4 Å². The van der Waals surface area contributed by atoms with E-state index in [1.165, 1.54) is 19.3 Å². The van der Waals surface area contributed by atoms with Gasteiger partial charge in [0.05, 0.1) is 12.6 Å². The monoisotopic (exact) mass is 393 g/mol. The molecule has 2 saturated carbocycles. The molecule has 0 aliphatic heterocycles. The first-order valence-electron chi connectivity index (χ1n) is 7.54. The lowest BCUT2D eigenvalue weighted by Crippen LogP contribution is -2.68. The Labute approximate surface area is 139 Å². The number of hydrogen-bond acceptors (Lipinski definition) is 2. The van der Waals surface area contributed by atoms with Gasteiger partial charge in [0.25, 0.3) is 0 Å². The van der Waals surface area contributed by atoms with Crippen LogP contribution in [-0.4, -0.2) is 37.8 Å². The van der Waals surface area contributed by atoms with Gasteiger partial charge in [0.1, 0.15) is 0 Å². The van der Waals surface area contributed by atoms with Crippen LogP contribution >= 0.6 is 24.0 Å². The molecule has 0 aromatic heterocycles. The maximum Gasteiger partial charge on any atom is 0.191 e. The summed E-state index contributed by atoms with van der Waals surface area (Å²) in [4.78, 5) is 4.48. The molecule has 2 atom stereocenters. The lowest BCUT2D eigenvalue weighted by atomic mass is 9.51. The van der Waals surface area contributed by atoms with Crippen LogP contribution in [0.2, 0.25) is 0 Å². The molecule has 2 rings (SSSR count). The topological polar surface area (TPSA) is 45.7 Å². The molecule has 116 valence electrons. The maximum absolute atomic E-state index is 5.87. The number of ether oxygens (including phenoxy) is 1. The lowest BCUT2D eigenvalue weighted by molar-refractivity contribution is -0.168. The number of rotatable bonds is 6. The van der Waals surface area contributed by atoms with Crippen LogP contribution in [0.3, 0.4) is 0 Å². The minimum absolute atomic E-state index is 0. The van der Waals surface area contributed by atoms with Gasteiger partial charge in [-0.15, -0.1) is 30.6 Å². The summed E-state index contributed by atoms with van der Waals surface area (Å²) in [5.41, 5.74) is 0.375. The van der Waals surface area contributed by atoms with Crippen molar-refractivity contribution in [2.45, 2.75) is 51.7 Å². The highest BCUT2D eigenvalue weighted by molar-refractivity contribution is 14.0. The van der Waals surface area contributed by atoms with Gasteiger partial charge in [0, 0.05) is 24.6 Å². The van der Waals surface area contributed by atoms with Crippen molar-refractivity contribution in [3.05, 3.63) is 12.7 Å². The van der Waals surface area contributed by atoms with Crippen molar-refractivity contribution in [3.8, 4) is 0 Å². The third-order valence-electron chi connectivity index (χ3n) is 4.47. The van der Waals surface area contributed by atoms with Crippen molar-refractivity contribution in [1.82, 2.24) is 10.6 Å². The quantitative estimate of drug-likeness (QED) is 0.316. The molecule has 0 radical (unpaired) electrons. The summed E-state index contributed by atoms with van der Waals surface area (Å²) < 4.78 is 5.87. The molecule has 2 N–H and O–H groups in total. The predicted octanol–water partition coefficient (Wildman–Crippen LogP) is 2.69. The van der Waals surface area contributed by atoms with Gasteiger partial charge in [0.15, 0.2) is 5.96 Å². The molecule has 0 aromatic carbocycles. The van der Waals surface area contributed by atoms with E-state index in [9.17, 15) is 0 Å². The molecule has 2 aliphatic carbocycles. The Hall–Kier alpha value is -0.300. The first kappa shape index (κ1) is 17.8. The zero-order chi connectivity index (χ0) is 13.7. The third-order valence-corrected chi connectivity index (χ3v) is 4.47. The Kier molecular flexibility index (Phi) is 7.29. The highest BCUT2D eigenvalue weighted by Crippen LogP contribution is 2.57. The molecule has 0 saturated heterocycles. The fourth-order valence-electron chi connectivity index (χ4n) is 3.28. The van der Waals surface area contributed by atoms with Crippen LogP contribution in [0.15, 0.2) is 17.6 Å². The molecule has 2 aliphatic rings. The van der Waals surface area contributed by atoms with Crippen molar-refractivity contribution in [2.75, 3.05) is 19.7 Å². The number of nitrogens with one attached hydrogen (secondary N) is 2. The third kappa shape index (κ3) is 3.47. The van der Waals surface area contributed by atoms with E-state index in [2.05, 4.69) is 36.1 Å². The van der Waals surface area contributed by atoms with Crippen molar-refractivity contribution < 1.29 is 4.74 Å². The number of hydrogen-bond donors (Lipinski definition) is 2. The van der Waals surface area contributed by atoms with Crippen LogP contribution in [0.5, 0.6) is 0 Å². The van der Waals surface area contributed by atoms with Crippen molar-refractivity contribution >= 4 is 29.9 Å². The molecule has 2 fully saturated rings. The van der Waals surface area contributed by atoms with E-state index in [0.717, 1.165) is 25.5 Å².